The minimum absolute atomic E-state index is 0.157. The first-order chi connectivity index (χ1) is 13.7. The van der Waals surface area contributed by atoms with Gasteiger partial charge in [0.1, 0.15) is 0 Å². The van der Waals surface area contributed by atoms with E-state index in [9.17, 15) is 4.79 Å². The number of amides is 2. The van der Waals surface area contributed by atoms with Crippen LogP contribution in [0.25, 0.3) is 11.0 Å². The molecule has 3 rings (SSSR count). The number of fused-ring (bicyclic) bond motifs is 1. The average Bonchev–Trinajstić information content (AvgIpc) is 3.14. The second-order valence-electron chi connectivity index (χ2n) is 6.40. The van der Waals surface area contributed by atoms with Gasteiger partial charge in [-0.1, -0.05) is 18.2 Å². The maximum Gasteiger partial charge on any atom is 0.314 e. The van der Waals surface area contributed by atoms with Gasteiger partial charge >= 0.3 is 6.03 Å². The van der Waals surface area contributed by atoms with E-state index in [-0.39, 0.29) is 6.03 Å². The molecule has 0 aliphatic heterocycles. The Labute approximate surface area is 164 Å². The Balaban J connectivity index is 1.36. The van der Waals surface area contributed by atoms with Gasteiger partial charge in [-0.3, -0.25) is 0 Å². The minimum Gasteiger partial charge on any atom is -0.493 e. The smallest absolute Gasteiger partial charge is 0.314 e. The van der Waals surface area contributed by atoms with Gasteiger partial charge in [0.25, 0.3) is 0 Å². The predicted molar refractivity (Wildman–Crippen MR) is 109 cm³/mol. The fraction of sp³-hybridized carbons (Fsp3) is 0.333. The third kappa shape index (κ3) is 4.94. The number of methoxy groups -OCH3 is 2. The Hall–Kier alpha value is -3.22. The zero-order chi connectivity index (χ0) is 19.8. The van der Waals surface area contributed by atoms with Gasteiger partial charge in [-0.15, -0.1) is 0 Å². The number of rotatable bonds is 9. The zero-order valence-corrected chi connectivity index (χ0v) is 16.3. The van der Waals surface area contributed by atoms with Crippen LogP contribution in [-0.4, -0.2) is 42.9 Å². The van der Waals surface area contributed by atoms with Crippen LogP contribution in [-0.2, 0) is 13.0 Å². The number of urea groups is 1. The molecular weight excluding hydrogens is 356 g/mol. The Kier molecular flexibility index (Phi) is 6.73. The Morgan fingerprint density at radius 1 is 1.04 bits per heavy atom. The molecule has 7 heteroatoms. The molecule has 28 heavy (non-hydrogen) atoms. The van der Waals surface area contributed by atoms with Crippen molar-refractivity contribution in [3.05, 3.63) is 54.4 Å². The van der Waals surface area contributed by atoms with Crippen LogP contribution in [0, 0.1) is 0 Å². The maximum absolute atomic E-state index is 11.9. The lowest BCUT2D eigenvalue weighted by Crippen LogP contribution is -2.37. The Morgan fingerprint density at radius 2 is 1.82 bits per heavy atom. The summed E-state index contributed by atoms with van der Waals surface area (Å²) in [6, 6.07) is 13.6. The summed E-state index contributed by atoms with van der Waals surface area (Å²) in [5.41, 5.74) is 3.18. The van der Waals surface area contributed by atoms with Crippen molar-refractivity contribution >= 4 is 17.1 Å². The summed E-state index contributed by atoms with van der Waals surface area (Å²) in [6.45, 7) is 1.97. The average molecular weight is 382 g/mol. The van der Waals surface area contributed by atoms with E-state index >= 15 is 0 Å². The van der Waals surface area contributed by atoms with E-state index in [1.54, 1.807) is 14.2 Å². The fourth-order valence-corrected chi connectivity index (χ4v) is 3.06. The summed E-state index contributed by atoms with van der Waals surface area (Å²) in [7, 11) is 3.22. The van der Waals surface area contributed by atoms with Crippen LogP contribution in [0.3, 0.4) is 0 Å². The molecular formula is C21H26N4O3. The molecule has 0 aliphatic rings. The molecule has 1 heterocycles. The van der Waals surface area contributed by atoms with Crippen molar-refractivity contribution in [1.82, 2.24) is 20.2 Å². The topological polar surface area (TPSA) is 77.4 Å². The molecule has 0 spiro atoms. The molecule has 3 aromatic rings. The van der Waals surface area contributed by atoms with Crippen molar-refractivity contribution in [2.45, 2.75) is 19.4 Å². The molecule has 2 N–H and O–H groups in total. The lowest BCUT2D eigenvalue weighted by Gasteiger charge is -2.11. The molecule has 0 bridgehead atoms. The molecule has 0 unspecified atom stereocenters. The Morgan fingerprint density at radius 3 is 2.64 bits per heavy atom. The first kappa shape index (κ1) is 19.5. The predicted octanol–water partition coefficient (Wildman–Crippen LogP) is 2.99. The van der Waals surface area contributed by atoms with Crippen LogP contribution in [0.15, 0.2) is 48.8 Å². The lowest BCUT2D eigenvalue weighted by molar-refractivity contribution is 0.240. The molecule has 7 nitrogen and oxygen atoms in total. The van der Waals surface area contributed by atoms with Crippen LogP contribution in [0.2, 0.25) is 0 Å². The molecule has 0 radical (unpaired) electrons. The van der Waals surface area contributed by atoms with E-state index in [4.69, 9.17) is 9.47 Å². The SMILES string of the molecule is COc1ccc(CCNC(=O)NCCCn2cnc3ccccc32)cc1OC. The van der Waals surface area contributed by atoms with Crippen LogP contribution >= 0.6 is 0 Å². The second kappa shape index (κ2) is 9.64. The van der Waals surface area contributed by atoms with E-state index in [1.165, 1.54) is 0 Å². The Bertz CT molecular complexity index is 923. The van der Waals surface area contributed by atoms with Crippen molar-refractivity contribution < 1.29 is 14.3 Å². The minimum atomic E-state index is -0.157. The van der Waals surface area contributed by atoms with Crippen molar-refractivity contribution in [2.75, 3.05) is 27.3 Å². The standard InChI is InChI=1S/C21H26N4O3/c1-27-19-9-8-16(14-20(19)28-2)10-12-23-21(26)22-11-5-13-25-15-24-17-6-3-4-7-18(17)25/h3-4,6-9,14-15H,5,10-13H2,1-2H3,(H2,22,23,26). The van der Waals surface area contributed by atoms with Crippen molar-refractivity contribution in [2.24, 2.45) is 0 Å². The summed E-state index contributed by atoms with van der Waals surface area (Å²) in [5.74, 6) is 1.39. The molecule has 1 aromatic heterocycles. The molecule has 2 aromatic carbocycles. The van der Waals surface area contributed by atoms with Crippen LogP contribution in [0.4, 0.5) is 4.79 Å². The summed E-state index contributed by atoms with van der Waals surface area (Å²) < 4.78 is 12.6. The number of para-hydroxylation sites is 2. The number of aryl methyl sites for hydroxylation is 1. The third-order valence-electron chi connectivity index (χ3n) is 4.54. The highest BCUT2D eigenvalue weighted by Crippen LogP contribution is 2.27. The van der Waals surface area contributed by atoms with Crippen LogP contribution < -0.4 is 20.1 Å². The number of hydrogen-bond donors (Lipinski definition) is 2. The monoisotopic (exact) mass is 382 g/mol. The van der Waals surface area contributed by atoms with Gasteiger partial charge in [0.15, 0.2) is 11.5 Å². The number of imidazole rings is 1. The quantitative estimate of drug-likeness (QED) is 0.558. The molecule has 0 fully saturated rings. The first-order valence-electron chi connectivity index (χ1n) is 9.33. The van der Waals surface area contributed by atoms with Gasteiger partial charge in [0.05, 0.1) is 31.6 Å². The second-order valence-corrected chi connectivity index (χ2v) is 6.40. The molecule has 2 amide bonds. The number of benzene rings is 2. The normalized spacial score (nSPS) is 10.6. The highest BCUT2D eigenvalue weighted by molar-refractivity contribution is 5.75. The summed E-state index contributed by atoms with van der Waals surface area (Å²) in [6.07, 6.45) is 3.39. The van der Waals surface area contributed by atoms with Crippen molar-refractivity contribution in [3.8, 4) is 11.5 Å². The number of aromatic nitrogens is 2. The molecule has 0 aliphatic carbocycles. The maximum atomic E-state index is 11.9. The van der Waals surface area contributed by atoms with Gasteiger partial charge in [0, 0.05) is 19.6 Å². The summed E-state index contributed by atoms with van der Waals surface area (Å²) >= 11 is 0. The van der Waals surface area contributed by atoms with Gasteiger partial charge in [0.2, 0.25) is 0 Å². The number of nitrogens with zero attached hydrogens (tertiary/aromatic N) is 2. The molecule has 0 saturated carbocycles. The third-order valence-corrected chi connectivity index (χ3v) is 4.54. The zero-order valence-electron chi connectivity index (χ0n) is 16.3. The van der Waals surface area contributed by atoms with Crippen molar-refractivity contribution in [3.63, 3.8) is 0 Å². The van der Waals surface area contributed by atoms with Gasteiger partial charge in [-0.2, -0.15) is 0 Å². The van der Waals surface area contributed by atoms with Gasteiger partial charge < -0.3 is 24.7 Å². The number of carbonyl (C=O) groups excluding carboxylic acids is 1. The first-order valence-corrected chi connectivity index (χ1v) is 9.33. The van der Waals surface area contributed by atoms with E-state index in [0.717, 1.165) is 36.0 Å². The van der Waals surface area contributed by atoms with Crippen LogP contribution in [0.5, 0.6) is 11.5 Å². The molecule has 0 atom stereocenters. The van der Waals surface area contributed by atoms with E-state index in [2.05, 4.69) is 26.3 Å². The van der Waals surface area contributed by atoms with Gasteiger partial charge in [-0.25, -0.2) is 9.78 Å². The molecule has 0 saturated heterocycles. The lowest BCUT2D eigenvalue weighted by atomic mass is 10.1. The highest BCUT2D eigenvalue weighted by Gasteiger charge is 2.06. The number of carbonyl (C=O) groups is 1. The fourth-order valence-electron chi connectivity index (χ4n) is 3.06. The van der Waals surface area contributed by atoms with Crippen LogP contribution in [0.1, 0.15) is 12.0 Å². The number of ether oxygens (including phenoxy) is 2. The molecule has 148 valence electrons. The van der Waals surface area contributed by atoms with E-state index in [0.29, 0.717) is 24.6 Å². The largest absolute Gasteiger partial charge is 0.493 e. The van der Waals surface area contributed by atoms with E-state index < -0.39 is 0 Å². The number of nitrogens with one attached hydrogen (secondary N) is 2. The van der Waals surface area contributed by atoms with E-state index in [1.807, 2.05) is 42.7 Å². The highest BCUT2D eigenvalue weighted by atomic mass is 16.5. The van der Waals surface area contributed by atoms with Gasteiger partial charge in [-0.05, 0) is 42.7 Å². The number of hydrogen-bond acceptors (Lipinski definition) is 4. The summed E-state index contributed by atoms with van der Waals surface area (Å²) in [4.78, 5) is 16.3. The van der Waals surface area contributed by atoms with Crippen molar-refractivity contribution in [1.29, 1.82) is 0 Å². The summed E-state index contributed by atoms with van der Waals surface area (Å²) in [5, 5.41) is 5.77.